The first kappa shape index (κ1) is 14.8. The van der Waals surface area contributed by atoms with Crippen molar-refractivity contribution in [3.8, 4) is 0 Å². The summed E-state index contributed by atoms with van der Waals surface area (Å²) in [6.45, 7) is -0.0529. The van der Waals surface area contributed by atoms with Crippen molar-refractivity contribution in [3.63, 3.8) is 0 Å². The van der Waals surface area contributed by atoms with Crippen molar-refractivity contribution in [1.82, 2.24) is 10.2 Å². The maximum absolute atomic E-state index is 12.4. The minimum absolute atomic E-state index is 0.0529. The van der Waals surface area contributed by atoms with E-state index >= 15 is 0 Å². The Kier molecular flexibility index (Phi) is 3.80. The molecule has 1 aliphatic rings. The van der Waals surface area contributed by atoms with Gasteiger partial charge in [-0.3, -0.25) is 14.5 Å². The molecule has 116 valence electrons. The highest BCUT2D eigenvalue weighted by Gasteiger charge is 2.36. The fraction of sp³-hybridized carbons (Fsp3) is 0.118. The Bertz CT molecular complexity index is 738. The van der Waals surface area contributed by atoms with E-state index < -0.39 is 23.9 Å². The molecular formula is C17H14N2O4. The molecule has 1 heterocycles. The summed E-state index contributed by atoms with van der Waals surface area (Å²) in [7, 11) is 0. The molecule has 2 N–H and O–H groups in total. The van der Waals surface area contributed by atoms with E-state index in [0.29, 0.717) is 16.7 Å². The van der Waals surface area contributed by atoms with Gasteiger partial charge in [-0.2, -0.15) is 0 Å². The molecule has 0 saturated heterocycles. The number of nitrogens with one attached hydrogen (secondary N) is 1. The summed E-state index contributed by atoms with van der Waals surface area (Å²) in [6, 6.07) is 14.7. The molecule has 0 fully saturated rings. The molecule has 1 atom stereocenters. The lowest BCUT2D eigenvalue weighted by Crippen LogP contribution is -2.40. The first-order chi connectivity index (χ1) is 11.1. The summed E-state index contributed by atoms with van der Waals surface area (Å²) in [6.07, 6.45) is -1.21. The summed E-state index contributed by atoms with van der Waals surface area (Å²) in [4.78, 5) is 36.9. The second-order valence-corrected chi connectivity index (χ2v) is 5.18. The van der Waals surface area contributed by atoms with Crippen LogP contribution in [-0.2, 0) is 0 Å². The average molecular weight is 310 g/mol. The first-order valence-electron chi connectivity index (χ1n) is 7.07. The van der Waals surface area contributed by atoms with Gasteiger partial charge in [0, 0.05) is 0 Å². The van der Waals surface area contributed by atoms with E-state index in [9.17, 15) is 14.4 Å². The summed E-state index contributed by atoms with van der Waals surface area (Å²) < 4.78 is 0. The second-order valence-electron chi connectivity index (χ2n) is 5.18. The highest BCUT2D eigenvalue weighted by atomic mass is 16.4. The number of hydrogen-bond acceptors (Lipinski definition) is 3. The van der Waals surface area contributed by atoms with Gasteiger partial charge in [0.05, 0.1) is 23.7 Å². The molecule has 0 bridgehead atoms. The van der Waals surface area contributed by atoms with Crippen LogP contribution in [0.4, 0.5) is 4.79 Å². The summed E-state index contributed by atoms with van der Waals surface area (Å²) >= 11 is 0. The monoisotopic (exact) mass is 310 g/mol. The molecule has 23 heavy (non-hydrogen) atoms. The Labute approximate surface area is 132 Å². The summed E-state index contributed by atoms with van der Waals surface area (Å²) in [5.41, 5.74) is 1.38. The van der Waals surface area contributed by atoms with Crippen LogP contribution in [0.2, 0.25) is 0 Å². The number of hydrogen-bond donors (Lipinski definition) is 2. The number of rotatable bonds is 4. The third kappa shape index (κ3) is 2.78. The lowest BCUT2D eigenvalue weighted by Gasteiger charge is -2.22. The molecule has 2 aromatic rings. The molecule has 3 rings (SSSR count). The van der Waals surface area contributed by atoms with Crippen molar-refractivity contribution in [1.29, 1.82) is 0 Å². The van der Waals surface area contributed by atoms with Gasteiger partial charge in [0.25, 0.3) is 11.8 Å². The van der Waals surface area contributed by atoms with E-state index in [2.05, 4.69) is 5.32 Å². The van der Waals surface area contributed by atoms with Crippen molar-refractivity contribution in [2.24, 2.45) is 0 Å². The van der Waals surface area contributed by atoms with Gasteiger partial charge >= 0.3 is 6.09 Å². The van der Waals surface area contributed by atoms with Crippen molar-refractivity contribution < 1.29 is 19.5 Å². The van der Waals surface area contributed by atoms with Crippen molar-refractivity contribution in [2.75, 3.05) is 6.54 Å². The van der Waals surface area contributed by atoms with Gasteiger partial charge in [-0.05, 0) is 17.7 Å². The molecule has 0 spiro atoms. The van der Waals surface area contributed by atoms with Crippen molar-refractivity contribution in [2.45, 2.75) is 6.04 Å². The highest BCUT2D eigenvalue weighted by Crippen LogP contribution is 2.25. The van der Waals surface area contributed by atoms with Crippen molar-refractivity contribution in [3.05, 3.63) is 71.3 Å². The first-order valence-corrected chi connectivity index (χ1v) is 7.07. The number of nitrogens with zero attached hydrogens (tertiary/aromatic N) is 1. The molecule has 6 nitrogen and oxygen atoms in total. The van der Waals surface area contributed by atoms with E-state index in [1.165, 1.54) is 0 Å². The number of carbonyl (C=O) groups excluding carboxylic acids is 2. The van der Waals surface area contributed by atoms with E-state index in [1.54, 1.807) is 48.5 Å². The van der Waals surface area contributed by atoms with Gasteiger partial charge in [-0.1, -0.05) is 42.5 Å². The fourth-order valence-electron chi connectivity index (χ4n) is 2.66. The topological polar surface area (TPSA) is 86.7 Å². The van der Waals surface area contributed by atoms with Crippen LogP contribution in [0, 0.1) is 0 Å². The van der Waals surface area contributed by atoms with Gasteiger partial charge in [0.15, 0.2) is 0 Å². The van der Waals surface area contributed by atoms with Gasteiger partial charge in [-0.25, -0.2) is 4.79 Å². The number of benzene rings is 2. The number of imide groups is 1. The summed E-state index contributed by atoms with van der Waals surface area (Å²) in [5.74, 6) is -0.808. The molecule has 0 aliphatic carbocycles. The standard InChI is InChI=1S/C17H14N2O4/c20-15-12-8-4-5-9-13(12)16(21)19(15)10-14(18-17(22)23)11-6-2-1-3-7-11/h1-9,14,18H,10H2,(H,22,23)/t14-/m0/s1. The van der Waals surface area contributed by atoms with E-state index in [4.69, 9.17) is 5.11 Å². The summed E-state index contributed by atoms with van der Waals surface area (Å²) in [5, 5.41) is 11.4. The number of carbonyl (C=O) groups is 3. The SMILES string of the molecule is O=C(O)N[C@@H](CN1C(=O)c2ccccc2C1=O)c1ccccc1. The maximum atomic E-state index is 12.4. The quantitative estimate of drug-likeness (QED) is 0.848. The van der Waals surface area contributed by atoms with E-state index in [0.717, 1.165) is 4.90 Å². The zero-order valence-corrected chi connectivity index (χ0v) is 12.1. The normalized spacial score (nSPS) is 14.5. The fourth-order valence-corrected chi connectivity index (χ4v) is 2.66. The predicted molar refractivity (Wildman–Crippen MR) is 82.2 cm³/mol. The lowest BCUT2D eigenvalue weighted by molar-refractivity contribution is 0.0636. The van der Waals surface area contributed by atoms with Crippen LogP contribution in [0.3, 0.4) is 0 Å². The minimum Gasteiger partial charge on any atom is -0.465 e. The second kappa shape index (κ2) is 5.92. The van der Waals surface area contributed by atoms with Crippen LogP contribution in [0.25, 0.3) is 0 Å². The molecule has 0 unspecified atom stereocenters. The van der Waals surface area contributed by atoms with Gasteiger partial charge in [-0.15, -0.1) is 0 Å². The Hall–Kier alpha value is -3.15. The predicted octanol–water partition coefficient (Wildman–Crippen LogP) is 2.29. The molecule has 3 amide bonds. The molecule has 2 aromatic carbocycles. The maximum Gasteiger partial charge on any atom is 0.405 e. The molecule has 1 aliphatic heterocycles. The van der Waals surface area contributed by atoms with Gasteiger partial charge < -0.3 is 10.4 Å². The number of amides is 3. The van der Waals surface area contributed by atoms with E-state index in [1.807, 2.05) is 6.07 Å². The zero-order chi connectivity index (χ0) is 16.4. The lowest BCUT2D eigenvalue weighted by atomic mass is 10.1. The van der Waals surface area contributed by atoms with Crippen LogP contribution in [0.1, 0.15) is 32.3 Å². The minimum atomic E-state index is -1.21. The Morgan fingerprint density at radius 3 is 2.00 bits per heavy atom. The smallest absolute Gasteiger partial charge is 0.405 e. The molecule has 6 heteroatoms. The zero-order valence-electron chi connectivity index (χ0n) is 12.1. The van der Waals surface area contributed by atoms with Crippen LogP contribution < -0.4 is 5.32 Å². The molecule has 0 radical (unpaired) electrons. The van der Waals surface area contributed by atoms with Gasteiger partial charge in [0.2, 0.25) is 0 Å². The molecule has 0 aromatic heterocycles. The Balaban J connectivity index is 1.88. The van der Waals surface area contributed by atoms with E-state index in [-0.39, 0.29) is 6.54 Å². The highest BCUT2D eigenvalue weighted by molar-refractivity contribution is 6.21. The molecular weight excluding hydrogens is 296 g/mol. The Morgan fingerprint density at radius 2 is 1.48 bits per heavy atom. The third-order valence-corrected chi connectivity index (χ3v) is 3.74. The van der Waals surface area contributed by atoms with Crippen LogP contribution in [0.15, 0.2) is 54.6 Å². The van der Waals surface area contributed by atoms with Gasteiger partial charge in [0.1, 0.15) is 0 Å². The largest absolute Gasteiger partial charge is 0.465 e. The third-order valence-electron chi connectivity index (χ3n) is 3.74. The van der Waals surface area contributed by atoms with Crippen LogP contribution in [0.5, 0.6) is 0 Å². The average Bonchev–Trinajstić information content (AvgIpc) is 2.80. The van der Waals surface area contributed by atoms with Crippen LogP contribution >= 0.6 is 0 Å². The van der Waals surface area contributed by atoms with Crippen LogP contribution in [-0.4, -0.2) is 34.5 Å². The van der Waals surface area contributed by atoms with Crippen molar-refractivity contribution >= 4 is 17.9 Å². The number of fused-ring (bicyclic) bond motifs is 1. The number of carboxylic acid groups (broad SMARTS) is 1. The molecule has 0 saturated carbocycles. The Morgan fingerprint density at radius 1 is 0.957 bits per heavy atom.